The van der Waals surface area contributed by atoms with Gasteiger partial charge in [-0.3, -0.25) is 4.79 Å². The van der Waals surface area contributed by atoms with Crippen molar-refractivity contribution in [3.8, 4) is 5.88 Å². The van der Waals surface area contributed by atoms with E-state index in [0.29, 0.717) is 5.88 Å². The molecule has 0 unspecified atom stereocenters. The number of carbonyl (C=O) groups is 1. The average Bonchev–Trinajstić information content (AvgIpc) is 2.15. The van der Waals surface area contributed by atoms with Crippen LogP contribution in [0, 0.1) is 6.92 Å². The molecule has 0 aliphatic rings. The third-order valence-electron chi connectivity index (χ3n) is 1.68. The highest BCUT2D eigenvalue weighted by atomic mass is 16.5. The van der Waals surface area contributed by atoms with Gasteiger partial charge in [-0.15, -0.1) is 0 Å². The van der Waals surface area contributed by atoms with E-state index in [2.05, 4.69) is 4.98 Å². The van der Waals surface area contributed by atoms with Gasteiger partial charge >= 0.3 is 0 Å². The second-order valence-electron chi connectivity index (χ2n) is 2.83. The molecule has 0 saturated heterocycles. The highest BCUT2D eigenvalue weighted by Gasteiger charge is 1.98. The molecular formula is C10H12N2O2. The second-order valence-corrected chi connectivity index (χ2v) is 2.83. The largest absolute Gasteiger partial charge is 0.481 e. The zero-order chi connectivity index (χ0) is 10.6. The molecule has 0 saturated carbocycles. The Morgan fingerprint density at radius 1 is 1.64 bits per heavy atom. The van der Waals surface area contributed by atoms with Gasteiger partial charge in [-0.05, 0) is 24.6 Å². The van der Waals surface area contributed by atoms with Crippen molar-refractivity contribution in [3.63, 3.8) is 0 Å². The van der Waals surface area contributed by atoms with E-state index < -0.39 is 5.91 Å². The van der Waals surface area contributed by atoms with Crippen LogP contribution in [0.15, 0.2) is 18.3 Å². The lowest BCUT2D eigenvalue weighted by atomic mass is 10.2. The maximum absolute atomic E-state index is 10.5. The summed E-state index contributed by atoms with van der Waals surface area (Å²) >= 11 is 0. The van der Waals surface area contributed by atoms with E-state index in [0.717, 1.165) is 11.1 Å². The number of aromatic nitrogens is 1. The zero-order valence-corrected chi connectivity index (χ0v) is 8.15. The Hall–Kier alpha value is -1.84. The molecule has 0 atom stereocenters. The first-order valence-corrected chi connectivity index (χ1v) is 4.11. The number of hydrogen-bond acceptors (Lipinski definition) is 3. The van der Waals surface area contributed by atoms with E-state index in [-0.39, 0.29) is 0 Å². The highest BCUT2D eigenvalue weighted by molar-refractivity contribution is 5.90. The molecular weight excluding hydrogens is 180 g/mol. The van der Waals surface area contributed by atoms with Crippen LogP contribution >= 0.6 is 0 Å². The van der Waals surface area contributed by atoms with E-state index in [1.807, 2.05) is 13.0 Å². The minimum Gasteiger partial charge on any atom is -0.481 e. The number of primary amides is 1. The van der Waals surface area contributed by atoms with Crippen LogP contribution in [-0.2, 0) is 4.79 Å². The van der Waals surface area contributed by atoms with Crippen molar-refractivity contribution in [3.05, 3.63) is 29.5 Å². The number of rotatable bonds is 3. The molecule has 74 valence electrons. The number of carbonyl (C=O) groups excluding carboxylic acids is 1. The highest BCUT2D eigenvalue weighted by Crippen LogP contribution is 2.15. The third-order valence-corrected chi connectivity index (χ3v) is 1.68. The number of ether oxygens (including phenoxy) is 1. The molecule has 0 aliphatic heterocycles. The fraction of sp³-hybridized carbons (Fsp3) is 0.200. The summed E-state index contributed by atoms with van der Waals surface area (Å²) in [5.41, 5.74) is 6.70. The van der Waals surface area contributed by atoms with Crippen molar-refractivity contribution >= 4 is 12.0 Å². The van der Waals surface area contributed by atoms with Gasteiger partial charge in [0.15, 0.2) is 0 Å². The summed E-state index contributed by atoms with van der Waals surface area (Å²) < 4.78 is 5.00. The molecule has 0 fully saturated rings. The molecule has 4 nitrogen and oxygen atoms in total. The lowest BCUT2D eigenvalue weighted by Crippen LogP contribution is -2.05. The van der Waals surface area contributed by atoms with Crippen LogP contribution in [0.3, 0.4) is 0 Å². The molecule has 0 aromatic carbocycles. The molecule has 1 aromatic rings. The first-order chi connectivity index (χ1) is 6.63. The van der Waals surface area contributed by atoms with Crippen molar-refractivity contribution in [2.45, 2.75) is 6.92 Å². The number of amides is 1. The Bertz CT molecular complexity index is 372. The minimum atomic E-state index is -0.474. The normalized spacial score (nSPS) is 10.4. The molecule has 0 aliphatic carbocycles. The molecule has 0 bridgehead atoms. The Balaban J connectivity index is 2.91. The topological polar surface area (TPSA) is 65.2 Å². The Kier molecular flexibility index (Phi) is 3.23. The summed E-state index contributed by atoms with van der Waals surface area (Å²) in [5, 5.41) is 0. The monoisotopic (exact) mass is 192 g/mol. The van der Waals surface area contributed by atoms with E-state index >= 15 is 0 Å². The van der Waals surface area contributed by atoms with Crippen LogP contribution in [0.2, 0.25) is 0 Å². The summed E-state index contributed by atoms with van der Waals surface area (Å²) in [5.74, 6) is 0.111. The second kappa shape index (κ2) is 4.41. The van der Waals surface area contributed by atoms with Crippen LogP contribution in [-0.4, -0.2) is 18.0 Å². The number of aryl methyl sites for hydroxylation is 1. The molecule has 1 amide bonds. The first kappa shape index (κ1) is 10.2. The summed E-state index contributed by atoms with van der Waals surface area (Å²) in [6.45, 7) is 1.88. The SMILES string of the molecule is COc1ncc(C=CC(N)=O)cc1C. The lowest BCUT2D eigenvalue weighted by Gasteiger charge is -2.02. The van der Waals surface area contributed by atoms with Gasteiger partial charge in [0.1, 0.15) is 0 Å². The summed E-state index contributed by atoms with van der Waals surface area (Å²) in [6, 6.07) is 1.87. The predicted octanol–water partition coefficient (Wildman–Crippen LogP) is 0.897. The van der Waals surface area contributed by atoms with Gasteiger partial charge in [0.2, 0.25) is 11.8 Å². The summed E-state index contributed by atoms with van der Waals surface area (Å²) in [6.07, 6.45) is 4.52. The van der Waals surface area contributed by atoms with Crippen molar-refractivity contribution in [2.24, 2.45) is 5.73 Å². The van der Waals surface area contributed by atoms with Crippen LogP contribution in [0.1, 0.15) is 11.1 Å². The Labute approximate surface area is 82.4 Å². The van der Waals surface area contributed by atoms with Gasteiger partial charge < -0.3 is 10.5 Å². The van der Waals surface area contributed by atoms with Crippen LogP contribution in [0.5, 0.6) is 5.88 Å². The van der Waals surface area contributed by atoms with Gasteiger partial charge in [-0.25, -0.2) is 4.98 Å². The molecule has 14 heavy (non-hydrogen) atoms. The van der Waals surface area contributed by atoms with E-state index in [1.54, 1.807) is 19.4 Å². The number of hydrogen-bond donors (Lipinski definition) is 1. The fourth-order valence-corrected chi connectivity index (χ4v) is 1.07. The van der Waals surface area contributed by atoms with Crippen LogP contribution in [0.4, 0.5) is 0 Å². The predicted molar refractivity (Wildman–Crippen MR) is 53.8 cm³/mol. The van der Waals surface area contributed by atoms with E-state index in [4.69, 9.17) is 10.5 Å². The summed E-state index contributed by atoms with van der Waals surface area (Å²) in [4.78, 5) is 14.5. The van der Waals surface area contributed by atoms with Gasteiger partial charge in [-0.1, -0.05) is 0 Å². The molecule has 1 rings (SSSR count). The number of methoxy groups -OCH3 is 1. The third kappa shape index (κ3) is 2.58. The van der Waals surface area contributed by atoms with Crippen LogP contribution in [0.25, 0.3) is 6.08 Å². The molecule has 0 spiro atoms. The first-order valence-electron chi connectivity index (χ1n) is 4.11. The molecule has 4 heteroatoms. The minimum absolute atomic E-state index is 0.474. The van der Waals surface area contributed by atoms with Gasteiger partial charge in [0.05, 0.1) is 7.11 Å². The standard InChI is InChI=1S/C10H12N2O2/c1-7-5-8(3-4-9(11)13)6-12-10(7)14-2/h3-6H,1-2H3,(H2,11,13). The lowest BCUT2D eigenvalue weighted by molar-refractivity contribution is -0.113. The van der Waals surface area contributed by atoms with Crippen molar-refractivity contribution in [1.29, 1.82) is 0 Å². The fourth-order valence-electron chi connectivity index (χ4n) is 1.07. The van der Waals surface area contributed by atoms with Gasteiger partial charge in [0.25, 0.3) is 0 Å². The van der Waals surface area contributed by atoms with Crippen molar-refractivity contribution in [2.75, 3.05) is 7.11 Å². The van der Waals surface area contributed by atoms with Crippen LogP contribution < -0.4 is 10.5 Å². The summed E-state index contributed by atoms with van der Waals surface area (Å²) in [7, 11) is 1.56. The van der Waals surface area contributed by atoms with E-state index in [1.165, 1.54) is 6.08 Å². The quantitative estimate of drug-likeness (QED) is 0.723. The average molecular weight is 192 g/mol. The number of nitrogens with zero attached hydrogens (tertiary/aromatic N) is 1. The van der Waals surface area contributed by atoms with E-state index in [9.17, 15) is 4.79 Å². The number of pyridine rings is 1. The zero-order valence-electron chi connectivity index (χ0n) is 8.15. The molecule has 0 radical (unpaired) electrons. The van der Waals surface area contributed by atoms with Crippen molar-refractivity contribution in [1.82, 2.24) is 4.98 Å². The Morgan fingerprint density at radius 3 is 2.86 bits per heavy atom. The van der Waals surface area contributed by atoms with Crippen molar-refractivity contribution < 1.29 is 9.53 Å². The smallest absolute Gasteiger partial charge is 0.241 e. The number of nitrogens with two attached hydrogens (primary N) is 1. The van der Waals surface area contributed by atoms with Gasteiger partial charge in [-0.2, -0.15) is 0 Å². The maximum atomic E-state index is 10.5. The molecule has 1 heterocycles. The molecule has 1 aromatic heterocycles. The molecule has 2 N–H and O–H groups in total. The maximum Gasteiger partial charge on any atom is 0.241 e. The van der Waals surface area contributed by atoms with Gasteiger partial charge in [0, 0.05) is 17.8 Å². The Morgan fingerprint density at radius 2 is 2.36 bits per heavy atom.